The van der Waals surface area contributed by atoms with Crippen LogP contribution in [0, 0.1) is 11.8 Å². The van der Waals surface area contributed by atoms with E-state index in [0.29, 0.717) is 30.9 Å². The van der Waals surface area contributed by atoms with Gasteiger partial charge in [0.15, 0.2) is 10.7 Å². The van der Waals surface area contributed by atoms with Crippen molar-refractivity contribution in [3.05, 3.63) is 35.4 Å². The van der Waals surface area contributed by atoms with Crippen molar-refractivity contribution >= 4 is 124 Å². The van der Waals surface area contributed by atoms with E-state index in [9.17, 15) is 43.2 Å². The molecule has 3 aliphatic rings. The molecule has 0 bridgehead atoms. The summed E-state index contributed by atoms with van der Waals surface area (Å²) < 4.78 is 32.2. The first-order valence-electron chi connectivity index (χ1n) is 18.0. The fraction of sp³-hybridized carbons (Fsp3) is 0.514. The first kappa shape index (κ1) is 46.4. The molecule has 297 valence electrons. The molecule has 0 N–H and O–H groups in total. The molecule has 3 fully saturated rings. The Kier molecular flexibility index (Phi) is 30.5. The van der Waals surface area contributed by atoms with E-state index < -0.39 is 30.9 Å². The van der Waals surface area contributed by atoms with Gasteiger partial charge in [-0.25, -0.2) is 5.62 Å². The molecular weight excluding hydrogens is 874 g/mol. The number of hydrogen-bond acceptors (Lipinski definition) is 16. The molecule has 1 aromatic rings. The van der Waals surface area contributed by atoms with E-state index >= 15 is 0 Å². The summed E-state index contributed by atoms with van der Waals surface area (Å²) >= 11 is 5.87. The largest absolute Gasteiger partial charge is 0.545 e. The number of thioether (sulfide) groups is 5. The van der Waals surface area contributed by atoms with Crippen molar-refractivity contribution in [2.24, 2.45) is 11.8 Å². The number of aldehydes is 3. The maximum Gasteiger partial charge on any atom is 0.243 e. The SMILES string of the molecule is CS[C-]=O.[2H]C(=O)C1CCC(CN2C(=O)CC(SC)C2=O)CC1.[2H]C(=O)CN1C(=O)CC(SC)C1=O.[2H]C(=O)SC.[2H]C(=O)c1ccc(CC(=O)SC)cc1.[2H][C-]=O.[Y]. The Morgan fingerprint density at radius 1 is 0.889 bits per heavy atom. The molecule has 1 saturated carbocycles. The molecule has 4 amide bonds. The molecule has 54 heavy (non-hydrogen) atoms. The summed E-state index contributed by atoms with van der Waals surface area (Å²) in [5.41, 5.74) is 2.24. The van der Waals surface area contributed by atoms with Gasteiger partial charge in [-0.3, -0.25) is 50.1 Å². The molecule has 2 unspecified atom stereocenters. The molecule has 1 aromatic carbocycles. The van der Waals surface area contributed by atoms with Crippen LogP contribution in [0.1, 0.15) is 61.3 Å². The van der Waals surface area contributed by atoms with Gasteiger partial charge in [-0.2, -0.15) is 24.9 Å². The number of hydrogen-bond donors (Lipinski definition) is 0. The van der Waals surface area contributed by atoms with Crippen molar-refractivity contribution < 1.29 is 92.3 Å². The van der Waals surface area contributed by atoms with Gasteiger partial charge in [-0.05, 0) is 68.4 Å². The molecule has 1 aliphatic carbocycles. The fourth-order valence-corrected chi connectivity index (χ4v) is 6.33. The van der Waals surface area contributed by atoms with Gasteiger partial charge in [-0.15, -0.1) is 0 Å². The summed E-state index contributed by atoms with van der Waals surface area (Å²) in [6.45, 7) is 0.836. The van der Waals surface area contributed by atoms with Gasteiger partial charge in [0.25, 0.3) is 0 Å². The minimum Gasteiger partial charge on any atom is -0.545 e. The smallest absolute Gasteiger partial charge is 0.243 e. The minimum absolute atomic E-state index is 0. The first-order chi connectivity index (χ1) is 27.3. The Labute approximate surface area is 370 Å². The molecule has 0 aromatic heterocycles. The summed E-state index contributed by atoms with van der Waals surface area (Å²) in [6.07, 6.45) is 10.4. The predicted octanol–water partition coefficient (Wildman–Crippen LogP) is 3.77. The Bertz CT molecular complexity index is 1580. The minimum atomic E-state index is -0.913. The number of likely N-dealkylation sites (tertiary alicyclic amines) is 2. The molecule has 19 heteroatoms. The van der Waals surface area contributed by atoms with E-state index in [1.165, 1.54) is 40.2 Å². The molecule has 2 aliphatic heterocycles. The van der Waals surface area contributed by atoms with Gasteiger partial charge in [0.1, 0.15) is 24.3 Å². The zero-order valence-corrected chi connectivity index (χ0v) is 37.4. The molecular formula is C35H46N2O11S5Y-2. The predicted molar refractivity (Wildman–Crippen MR) is 215 cm³/mol. The maximum atomic E-state index is 12.0. The Hall–Kier alpha value is -1.96. The molecule has 2 heterocycles. The topological polar surface area (TPSA) is 194 Å². The third-order valence-electron chi connectivity index (χ3n) is 7.47. The van der Waals surface area contributed by atoms with Crippen molar-refractivity contribution in [2.45, 2.75) is 55.4 Å². The number of carbonyl (C=O) groups is 9. The Morgan fingerprint density at radius 2 is 1.35 bits per heavy atom. The van der Waals surface area contributed by atoms with Gasteiger partial charge in [-0.1, -0.05) is 47.8 Å². The van der Waals surface area contributed by atoms with E-state index in [-0.39, 0.29) is 84.3 Å². The molecule has 2 atom stereocenters. The van der Waals surface area contributed by atoms with E-state index in [0.717, 1.165) is 66.4 Å². The van der Waals surface area contributed by atoms with Crippen LogP contribution in [0.25, 0.3) is 0 Å². The second-order valence-corrected chi connectivity index (χ2v) is 14.7. The number of benzene rings is 1. The van der Waals surface area contributed by atoms with Crippen molar-refractivity contribution in [2.75, 3.05) is 44.4 Å². The standard InChI is InChI=1S/C13H19NO3S.C10H10O2S.C7H9NO3S.C2H4OS.C2H3OS.CHO.Y/c1-18-11-6-12(16)14(13(11)17)7-9-2-4-10(8-15)5-3-9;1-13-10(12)6-8-2-4-9(7-11)5-3-8;1-12-5-4-6(10)8(2-3-9)7(5)11;2*1-4-2-3;1-2;/h8-11H,2-7H2,1H3;2-5,7H,6H2,1H3;3,5H,2,4H2,1H3;2H,1H3;1H3;1H;/q;;;;2*-1;/i8D;7D;3D;2D;;1D;. The number of carbonyl (C=O) groups excluding carboxylic acids is 11. The van der Waals surface area contributed by atoms with Crippen LogP contribution in [0.3, 0.4) is 0 Å². The third-order valence-corrected chi connectivity index (χ3v) is 10.3. The second-order valence-electron chi connectivity index (χ2n) is 10.6. The van der Waals surface area contributed by atoms with E-state index in [1.807, 2.05) is 6.26 Å². The van der Waals surface area contributed by atoms with Crippen LogP contribution in [-0.4, -0.2) is 130 Å². The van der Waals surface area contributed by atoms with Crippen LogP contribution >= 0.6 is 58.8 Å². The van der Waals surface area contributed by atoms with E-state index in [1.54, 1.807) is 54.9 Å². The first-order valence-corrected chi connectivity index (χ1v) is 21.7. The molecule has 4 rings (SSSR count). The zero-order chi connectivity index (χ0) is 45.0. The molecule has 1 radical (unpaired) electrons. The Morgan fingerprint density at radius 3 is 1.70 bits per heavy atom. The maximum absolute atomic E-state index is 12.0. The van der Waals surface area contributed by atoms with Gasteiger partial charge in [0, 0.05) is 70.0 Å². The van der Waals surface area contributed by atoms with Gasteiger partial charge >= 0.3 is 0 Å². The quantitative estimate of drug-likeness (QED) is 0.177. The molecule has 13 nitrogen and oxygen atoms in total. The second kappa shape index (κ2) is 35.5. The van der Waals surface area contributed by atoms with Crippen LogP contribution in [0.4, 0.5) is 0 Å². The van der Waals surface area contributed by atoms with Crippen molar-refractivity contribution in [1.29, 1.82) is 0 Å². The van der Waals surface area contributed by atoms with Crippen molar-refractivity contribution in [3.8, 4) is 0 Å². The molecule has 0 spiro atoms. The number of rotatable bonds is 11. The summed E-state index contributed by atoms with van der Waals surface area (Å²) in [7, 11) is 0. The molecule has 2 saturated heterocycles. The fourth-order valence-electron chi connectivity index (χ4n) is 4.75. The van der Waals surface area contributed by atoms with Crippen LogP contribution < -0.4 is 0 Å². The number of imide groups is 2. The van der Waals surface area contributed by atoms with E-state index in [4.69, 9.17) is 16.4 Å². The summed E-state index contributed by atoms with van der Waals surface area (Å²) in [5.74, 6) is -0.674. The number of nitrogens with zero attached hydrogens (tertiary/aromatic N) is 2. The van der Waals surface area contributed by atoms with Gasteiger partial charge in [0.05, 0.1) is 17.0 Å². The summed E-state index contributed by atoms with van der Waals surface area (Å²) in [6, 6.07) is 6.54. The summed E-state index contributed by atoms with van der Waals surface area (Å²) in [5, 5.41) is -0.486. The van der Waals surface area contributed by atoms with Crippen LogP contribution in [-0.2, 0) is 87.1 Å². The van der Waals surface area contributed by atoms with Crippen LogP contribution in [0.2, 0.25) is 0 Å². The Balaban J connectivity index is -0.000000705. The number of amides is 4. The van der Waals surface area contributed by atoms with Gasteiger partial charge in [0.2, 0.25) is 23.6 Å². The van der Waals surface area contributed by atoms with Crippen LogP contribution in [0.15, 0.2) is 24.3 Å². The normalized spacial score (nSPS) is 20.7. The average Bonchev–Trinajstić information content (AvgIpc) is 3.63. The summed E-state index contributed by atoms with van der Waals surface area (Å²) in [4.78, 5) is 118. The zero-order valence-electron chi connectivity index (χ0n) is 35.5. The van der Waals surface area contributed by atoms with Crippen molar-refractivity contribution in [1.82, 2.24) is 9.80 Å². The van der Waals surface area contributed by atoms with Crippen LogP contribution in [0.5, 0.6) is 0 Å². The third kappa shape index (κ3) is 22.6. The van der Waals surface area contributed by atoms with E-state index in [2.05, 4.69) is 0 Å². The average molecular weight is 925 g/mol. The monoisotopic (exact) mass is 924 g/mol. The van der Waals surface area contributed by atoms with Crippen molar-refractivity contribution in [3.63, 3.8) is 0 Å². The van der Waals surface area contributed by atoms with Gasteiger partial charge < -0.3 is 30.9 Å².